The van der Waals surface area contributed by atoms with Gasteiger partial charge in [-0.3, -0.25) is 0 Å². The Morgan fingerprint density at radius 2 is 0.939 bits per heavy atom. The monoisotopic (exact) mass is 848 g/mol. The molecule has 0 radical (unpaired) electrons. The van der Waals surface area contributed by atoms with Gasteiger partial charge in [0.15, 0.2) is 0 Å². The predicted octanol–water partition coefficient (Wildman–Crippen LogP) is 17.5. The van der Waals surface area contributed by atoms with Crippen LogP contribution in [-0.4, -0.2) is 0 Å². The highest BCUT2D eigenvalue weighted by atomic mass is 15.2. The van der Waals surface area contributed by atoms with Crippen LogP contribution in [0.4, 0.5) is 34.1 Å². The summed E-state index contributed by atoms with van der Waals surface area (Å²) >= 11 is 0. The van der Waals surface area contributed by atoms with E-state index in [1.165, 1.54) is 121 Å². The molecule has 0 N–H and O–H groups in total. The summed E-state index contributed by atoms with van der Waals surface area (Å²) in [7, 11) is 0. The van der Waals surface area contributed by atoms with E-state index in [-0.39, 0.29) is 5.41 Å². The van der Waals surface area contributed by atoms with Crippen LogP contribution >= 0.6 is 0 Å². The largest absolute Gasteiger partial charge is 0.309 e. The van der Waals surface area contributed by atoms with Gasteiger partial charge in [-0.2, -0.15) is 0 Å². The fourth-order valence-electron chi connectivity index (χ4n) is 14.5. The Morgan fingerprint density at radius 3 is 1.61 bits per heavy atom. The Bertz CT molecular complexity index is 3480. The fourth-order valence-corrected chi connectivity index (χ4v) is 14.5. The summed E-state index contributed by atoms with van der Waals surface area (Å²) in [5.41, 5.74) is 18.4. The number of benzene rings is 10. The summed E-state index contributed by atoms with van der Waals surface area (Å²) in [5, 5.41) is 7.66. The van der Waals surface area contributed by atoms with Crippen LogP contribution in [0.25, 0.3) is 54.6 Å². The van der Waals surface area contributed by atoms with Gasteiger partial charge in [0.25, 0.3) is 0 Å². The maximum atomic E-state index is 2.67. The highest BCUT2D eigenvalue weighted by molar-refractivity contribution is 6.28. The molecular formula is C64H52N2. The minimum Gasteiger partial charge on any atom is -0.309 e. The molecule has 4 bridgehead atoms. The molecule has 5 aliphatic rings. The SMILES string of the molecule is Cc1cccc(C)c1N(c1ccc2c(c1)C1(c3ccccc3-2)C2CC3CC(C2)CC1C3)c1ccc2ccc3c(N(c4ccccc4)c4ccccc4-c4ccccc4)ccc4ccc1c2c43. The maximum Gasteiger partial charge on any atom is 0.0540 e. The number of anilines is 6. The third-order valence-electron chi connectivity index (χ3n) is 16.8. The Labute approximate surface area is 388 Å². The van der Waals surface area contributed by atoms with Crippen molar-refractivity contribution >= 4 is 66.4 Å². The lowest BCUT2D eigenvalue weighted by molar-refractivity contribution is -0.0399. The van der Waals surface area contributed by atoms with E-state index in [0.717, 1.165) is 23.2 Å². The van der Waals surface area contributed by atoms with Crippen LogP contribution in [-0.2, 0) is 5.41 Å². The van der Waals surface area contributed by atoms with Crippen LogP contribution in [0.15, 0.2) is 194 Å². The van der Waals surface area contributed by atoms with Gasteiger partial charge >= 0.3 is 0 Å². The smallest absolute Gasteiger partial charge is 0.0540 e. The van der Waals surface area contributed by atoms with Gasteiger partial charge in [0.05, 0.1) is 22.7 Å². The van der Waals surface area contributed by atoms with Crippen molar-refractivity contribution in [1.29, 1.82) is 0 Å². The molecule has 15 rings (SSSR count). The standard InChI is InChI=1S/C64H52N2/c1-40-14-13-15-41(2)63(40)66(50-28-31-53-52-21-9-11-22-56(52)64(57(53)39-50)47-35-42-34-43(37-47)38-48(64)36-42)60-33-27-46-24-29-54-59(32-26-45-25-30-55(60)62(46)61(45)54)65(49-18-7-4-8-19-49)58-23-12-10-20-51(58)44-16-5-3-6-17-44/h3-33,39,42-43,47-48H,34-38H2,1-2H3. The zero-order valence-corrected chi connectivity index (χ0v) is 37.7. The molecule has 0 heterocycles. The quantitative estimate of drug-likeness (QED) is 0.147. The lowest BCUT2D eigenvalue weighted by Gasteiger charge is -2.61. The van der Waals surface area contributed by atoms with Crippen molar-refractivity contribution in [2.45, 2.75) is 51.4 Å². The van der Waals surface area contributed by atoms with Gasteiger partial charge in [-0.25, -0.2) is 0 Å². The molecule has 0 saturated heterocycles. The molecule has 10 aromatic carbocycles. The lowest BCUT2D eigenvalue weighted by Crippen LogP contribution is -2.55. The third-order valence-corrected chi connectivity index (χ3v) is 16.8. The Morgan fingerprint density at radius 1 is 0.394 bits per heavy atom. The zero-order chi connectivity index (χ0) is 43.7. The Balaban J connectivity index is 1.00. The van der Waals surface area contributed by atoms with Crippen LogP contribution in [0, 0.1) is 37.5 Å². The normalized spacial score (nSPS) is 21.2. The van der Waals surface area contributed by atoms with Crippen molar-refractivity contribution in [2.75, 3.05) is 9.80 Å². The molecule has 0 aromatic heterocycles. The fraction of sp³-hybridized carbons (Fsp3) is 0.188. The van der Waals surface area contributed by atoms with E-state index < -0.39 is 0 Å². The lowest BCUT2D eigenvalue weighted by atomic mass is 9.43. The van der Waals surface area contributed by atoms with Crippen LogP contribution in [0.5, 0.6) is 0 Å². The predicted molar refractivity (Wildman–Crippen MR) is 278 cm³/mol. The second-order valence-electron chi connectivity index (χ2n) is 20.2. The van der Waals surface area contributed by atoms with Gasteiger partial charge in [0, 0.05) is 33.1 Å². The topological polar surface area (TPSA) is 6.48 Å². The minimum atomic E-state index is 0.0879. The first-order valence-electron chi connectivity index (χ1n) is 24.4. The van der Waals surface area contributed by atoms with E-state index in [4.69, 9.17) is 0 Å². The summed E-state index contributed by atoms with van der Waals surface area (Å²) in [4.78, 5) is 5.11. The summed E-state index contributed by atoms with van der Waals surface area (Å²) in [5.74, 6) is 3.22. The van der Waals surface area contributed by atoms with Crippen molar-refractivity contribution < 1.29 is 0 Å². The van der Waals surface area contributed by atoms with Crippen molar-refractivity contribution in [2.24, 2.45) is 23.7 Å². The summed E-state index contributed by atoms with van der Waals surface area (Å²) in [6.07, 6.45) is 6.97. The average Bonchev–Trinajstić information content (AvgIpc) is 3.64. The molecule has 2 nitrogen and oxygen atoms in total. The van der Waals surface area contributed by atoms with Crippen molar-refractivity contribution in [3.05, 3.63) is 216 Å². The summed E-state index contributed by atoms with van der Waals surface area (Å²) in [6.45, 7) is 4.59. The van der Waals surface area contributed by atoms with Crippen molar-refractivity contribution in [3.8, 4) is 22.3 Å². The second kappa shape index (κ2) is 14.4. The summed E-state index contributed by atoms with van der Waals surface area (Å²) < 4.78 is 0. The molecule has 1 spiro atoms. The molecule has 0 amide bonds. The van der Waals surface area contributed by atoms with Gasteiger partial charge < -0.3 is 9.80 Å². The number of hydrogen-bond donors (Lipinski definition) is 0. The molecular weight excluding hydrogens is 797 g/mol. The molecule has 4 saturated carbocycles. The maximum absolute atomic E-state index is 2.67. The highest BCUT2D eigenvalue weighted by Crippen LogP contribution is 2.69. The number of nitrogens with zero attached hydrogens (tertiary/aromatic N) is 2. The van der Waals surface area contributed by atoms with E-state index >= 15 is 0 Å². The first-order valence-corrected chi connectivity index (χ1v) is 24.4. The van der Waals surface area contributed by atoms with Crippen LogP contribution in [0.3, 0.4) is 0 Å². The molecule has 66 heavy (non-hydrogen) atoms. The number of fused-ring (bicyclic) bond motifs is 3. The van der Waals surface area contributed by atoms with E-state index in [9.17, 15) is 0 Å². The number of para-hydroxylation sites is 3. The average molecular weight is 849 g/mol. The van der Waals surface area contributed by atoms with Crippen molar-refractivity contribution in [3.63, 3.8) is 0 Å². The van der Waals surface area contributed by atoms with Crippen LogP contribution in [0.1, 0.15) is 54.4 Å². The van der Waals surface area contributed by atoms with E-state index in [1.807, 2.05) is 0 Å². The molecule has 318 valence electrons. The summed E-state index contributed by atoms with van der Waals surface area (Å²) in [6, 6.07) is 73.5. The number of aryl methyl sites for hydroxylation is 2. The van der Waals surface area contributed by atoms with Gasteiger partial charge in [-0.1, -0.05) is 152 Å². The number of rotatable bonds is 7. The Hall–Kier alpha value is -7.16. The number of hydrogen-bond acceptors (Lipinski definition) is 2. The molecule has 10 aromatic rings. The first-order chi connectivity index (χ1) is 32.5. The van der Waals surface area contributed by atoms with Gasteiger partial charge in [-0.15, -0.1) is 0 Å². The van der Waals surface area contributed by atoms with E-state index in [2.05, 4.69) is 218 Å². The Kier molecular flexibility index (Phi) is 8.33. The minimum absolute atomic E-state index is 0.0879. The van der Waals surface area contributed by atoms with E-state index in [0.29, 0.717) is 11.8 Å². The van der Waals surface area contributed by atoms with Crippen molar-refractivity contribution in [1.82, 2.24) is 0 Å². The van der Waals surface area contributed by atoms with Gasteiger partial charge in [0.1, 0.15) is 0 Å². The van der Waals surface area contributed by atoms with Crippen LogP contribution < -0.4 is 9.80 Å². The second-order valence-corrected chi connectivity index (χ2v) is 20.2. The van der Waals surface area contributed by atoms with Gasteiger partial charge in [-0.05, 0) is 173 Å². The zero-order valence-electron chi connectivity index (χ0n) is 37.7. The molecule has 4 fully saturated rings. The molecule has 0 unspecified atom stereocenters. The third kappa shape index (κ3) is 5.36. The molecule has 2 heteroatoms. The molecule has 0 atom stereocenters. The van der Waals surface area contributed by atoms with Gasteiger partial charge in [0.2, 0.25) is 0 Å². The first kappa shape index (κ1) is 38.1. The van der Waals surface area contributed by atoms with E-state index in [1.54, 1.807) is 11.1 Å². The van der Waals surface area contributed by atoms with Crippen LogP contribution in [0.2, 0.25) is 0 Å². The molecule has 0 aliphatic heterocycles. The molecule has 5 aliphatic carbocycles. The highest BCUT2D eigenvalue weighted by Gasteiger charge is 2.61.